The van der Waals surface area contributed by atoms with Crippen molar-refractivity contribution in [3.63, 3.8) is 0 Å². The molecule has 0 bridgehead atoms. The second kappa shape index (κ2) is 9.38. The molecule has 11 heteroatoms. The largest absolute Gasteiger partial charge is 0.463 e. The number of carbonyl (C=O) groups is 1. The van der Waals surface area contributed by atoms with Crippen LogP contribution in [0, 0.1) is 5.41 Å². The SMILES string of the molecule is [2H]CO[C@H]1[C@H](OC[2H])[C@@H](OC[2H])C(OC(=N)C(Cl)(Cl)Cl)O[C@@H]1COC(C)=O. The van der Waals surface area contributed by atoms with E-state index in [1.807, 2.05) is 0 Å². The third-order valence-corrected chi connectivity index (χ3v) is 3.63. The van der Waals surface area contributed by atoms with E-state index in [9.17, 15) is 4.79 Å². The van der Waals surface area contributed by atoms with Crippen LogP contribution in [0.1, 0.15) is 11.0 Å². The number of carbonyl (C=O) groups excluding carboxylic acids is 1. The number of hydrogen-bond donors (Lipinski definition) is 1. The molecule has 0 radical (unpaired) electrons. The van der Waals surface area contributed by atoms with Gasteiger partial charge >= 0.3 is 5.97 Å². The van der Waals surface area contributed by atoms with Crippen LogP contribution in [0.3, 0.4) is 0 Å². The molecule has 0 aliphatic carbocycles. The second-order valence-electron chi connectivity index (χ2n) is 4.68. The molecule has 1 aliphatic rings. The van der Waals surface area contributed by atoms with Crippen LogP contribution in [0.5, 0.6) is 0 Å². The quantitative estimate of drug-likeness (QED) is 0.307. The lowest BCUT2D eigenvalue weighted by molar-refractivity contribution is -0.295. The first-order chi connectivity index (χ1) is 12.6. The van der Waals surface area contributed by atoms with E-state index in [0.717, 1.165) is 0 Å². The zero-order valence-electron chi connectivity index (χ0n) is 15.7. The third kappa shape index (κ3) is 5.59. The standard InChI is InChI=1S/C13H20Cl3NO7/c1-6(18)22-5-7-8(19-2)9(20-3)10(21-4)11(23-7)24-12(17)13(14,15)16/h7-11,17H,5H2,1-4H3/t7-,8-,9+,10-,11?/m1/s1/i2D,3D,4D. The molecule has 0 saturated carbocycles. The first kappa shape index (κ1) is 17.1. The van der Waals surface area contributed by atoms with Gasteiger partial charge in [0.05, 0.1) is 4.11 Å². The number of methoxy groups -OCH3 is 3. The minimum Gasteiger partial charge on any atom is -0.463 e. The molecule has 1 rings (SSSR count). The highest BCUT2D eigenvalue weighted by molar-refractivity contribution is 6.76. The summed E-state index contributed by atoms with van der Waals surface area (Å²) < 4.78 is 51.4. The number of nitrogens with one attached hydrogen (secondary N) is 1. The van der Waals surface area contributed by atoms with Gasteiger partial charge in [-0.25, -0.2) is 0 Å². The van der Waals surface area contributed by atoms with Crippen LogP contribution < -0.4 is 0 Å². The monoisotopic (exact) mass is 410 g/mol. The average Bonchev–Trinajstić information content (AvgIpc) is 2.57. The van der Waals surface area contributed by atoms with Gasteiger partial charge < -0.3 is 28.4 Å². The molecule has 0 spiro atoms. The molecule has 1 N–H and O–H groups in total. The van der Waals surface area contributed by atoms with E-state index in [0.29, 0.717) is 0 Å². The Hall–Kier alpha value is -0.350. The Morgan fingerprint density at radius 2 is 1.75 bits per heavy atom. The fourth-order valence-corrected chi connectivity index (χ4v) is 2.19. The predicted octanol–water partition coefficient (Wildman–Crippen LogP) is 1.68. The summed E-state index contributed by atoms with van der Waals surface area (Å²) >= 11 is 16.8. The first-order valence-electron chi connectivity index (χ1n) is 8.61. The van der Waals surface area contributed by atoms with Crippen molar-refractivity contribution in [1.82, 2.24) is 0 Å². The van der Waals surface area contributed by atoms with Crippen molar-refractivity contribution in [3.8, 4) is 0 Å². The fourth-order valence-electron chi connectivity index (χ4n) is 2.06. The summed E-state index contributed by atoms with van der Waals surface area (Å²) in [5.74, 6) is -1.36. The van der Waals surface area contributed by atoms with Gasteiger partial charge in [-0.3, -0.25) is 10.2 Å². The Labute approximate surface area is 159 Å². The van der Waals surface area contributed by atoms with Crippen molar-refractivity contribution >= 4 is 46.7 Å². The number of alkyl halides is 3. The highest BCUT2D eigenvalue weighted by Gasteiger charge is 2.49. The highest BCUT2D eigenvalue weighted by Crippen LogP contribution is 2.32. The van der Waals surface area contributed by atoms with Gasteiger partial charge in [0.15, 0.2) is 0 Å². The van der Waals surface area contributed by atoms with Gasteiger partial charge in [0.2, 0.25) is 12.2 Å². The van der Waals surface area contributed by atoms with Crippen LogP contribution in [0.4, 0.5) is 0 Å². The van der Waals surface area contributed by atoms with Gasteiger partial charge in [-0.2, -0.15) is 0 Å². The first-order valence-corrected chi connectivity index (χ1v) is 7.62. The Morgan fingerprint density at radius 3 is 2.29 bits per heavy atom. The predicted molar refractivity (Wildman–Crippen MR) is 86.8 cm³/mol. The minimum atomic E-state index is -2.18. The maximum atomic E-state index is 11.1. The van der Waals surface area contributed by atoms with E-state index in [-0.39, 0.29) is 6.61 Å². The summed E-state index contributed by atoms with van der Waals surface area (Å²) in [7, 11) is -1.52. The number of ether oxygens (including phenoxy) is 6. The van der Waals surface area contributed by atoms with Crippen LogP contribution in [0.25, 0.3) is 0 Å². The molecule has 0 aromatic heterocycles. The lowest BCUT2D eigenvalue weighted by Crippen LogP contribution is -2.61. The third-order valence-electron chi connectivity index (χ3n) is 3.11. The van der Waals surface area contributed by atoms with Crippen molar-refractivity contribution in [2.24, 2.45) is 0 Å². The summed E-state index contributed by atoms with van der Waals surface area (Å²) in [6.45, 7) is 0.909. The smallest absolute Gasteiger partial charge is 0.302 e. The van der Waals surface area contributed by atoms with Gasteiger partial charge in [-0.15, -0.1) is 0 Å². The van der Waals surface area contributed by atoms with E-state index in [1.165, 1.54) is 6.92 Å². The summed E-state index contributed by atoms with van der Waals surface area (Å²) in [5, 5.41) is 7.71. The van der Waals surface area contributed by atoms with E-state index < -0.39 is 67.6 Å². The molecule has 24 heavy (non-hydrogen) atoms. The lowest BCUT2D eigenvalue weighted by Gasteiger charge is -2.44. The molecule has 0 aromatic rings. The molecule has 140 valence electrons. The van der Waals surface area contributed by atoms with Crippen LogP contribution in [-0.2, 0) is 33.2 Å². The summed E-state index contributed by atoms with van der Waals surface area (Å²) in [5.41, 5.74) is 0. The topological polar surface area (TPSA) is 96.3 Å². The number of esters is 1. The summed E-state index contributed by atoms with van der Waals surface area (Å²) in [6.07, 6.45) is -5.55. The molecule has 8 nitrogen and oxygen atoms in total. The molecular weight excluding hydrogens is 389 g/mol. The zero-order chi connectivity index (χ0) is 20.6. The molecule has 1 heterocycles. The highest BCUT2D eigenvalue weighted by atomic mass is 35.6. The summed E-state index contributed by atoms with van der Waals surface area (Å²) in [4.78, 5) is 11.1. The summed E-state index contributed by atoms with van der Waals surface area (Å²) in [6, 6.07) is 0. The Bertz CT molecular complexity index is 500. The normalized spacial score (nSPS) is 32.3. The van der Waals surface area contributed by atoms with Crippen molar-refractivity contribution in [1.29, 1.82) is 5.41 Å². The van der Waals surface area contributed by atoms with E-state index >= 15 is 0 Å². The molecule has 1 fully saturated rings. The zero-order valence-corrected chi connectivity index (χ0v) is 15.0. The molecule has 1 unspecified atom stereocenters. The fraction of sp³-hybridized carbons (Fsp3) is 0.846. The minimum absolute atomic E-state index is 0.285. The second-order valence-corrected chi connectivity index (χ2v) is 6.97. The van der Waals surface area contributed by atoms with Crippen LogP contribution in [0.15, 0.2) is 0 Å². The lowest BCUT2D eigenvalue weighted by atomic mass is 9.98. The Kier molecular flexibility index (Phi) is 6.67. The van der Waals surface area contributed by atoms with E-state index in [4.69, 9.17) is 72.7 Å². The molecule has 1 aliphatic heterocycles. The van der Waals surface area contributed by atoms with Gasteiger partial charge in [0, 0.05) is 28.2 Å². The average molecular weight is 412 g/mol. The molecule has 0 amide bonds. The number of rotatable bonds is 6. The molecule has 5 atom stereocenters. The number of hydrogen-bond acceptors (Lipinski definition) is 8. The van der Waals surface area contributed by atoms with Crippen molar-refractivity contribution in [2.75, 3.05) is 27.9 Å². The van der Waals surface area contributed by atoms with E-state index in [1.54, 1.807) is 0 Å². The van der Waals surface area contributed by atoms with E-state index in [2.05, 4.69) is 0 Å². The Balaban J connectivity index is 3.13. The van der Waals surface area contributed by atoms with Crippen LogP contribution in [0.2, 0.25) is 0 Å². The number of halogens is 3. The molecule has 0 aromatic carbocycles. The maximum Gasteiger partial charge on any atom is 0.302 e. The maximum absolute atomic E-state index is 11.1. The van der Waals surface area contributed by atoms with Crippen molar-refractivity contribution in [3.05, 3.63) is 0 Å². The molecule has 1 saturated heterocycles. The Morgan fingerprint density at radius 1 is 1.17 bits per heavy atom. The van der Waals surface area contributed by atoms with Crippen molar-refractivity contribution in [2.45, 2.75) is 41.4 Å². The van der Waals surface area contributed by atoms with Crippen LogP contribution >= 0.6 is 34.8 Å². The van der Waals surface area contributed by atoms with Gasteiger partial charge in [0.1, 0.15) is 31.0 Å². The molecular formula is C13H20Cl3NO7. The van der Waals surface area contributed by atoms with Gasteiger partial charge in [0.25, 0.3) is 3.79 Å². The van der Waals surface area contributed by atoms with Crippen LogP contribution in [-0.4, -0.2) is 74.2 Å². The van der Waals surface area contributed by atoms with Gasteiger partial charge in [-0.1, -0.05) is 34.8 Å². The van der Waals surface area contributed by atoms with Gasteiger partial charge in [-0.05, 0) is 0 Å². The van der Waals surface area contributed by atoms with Crippen molar-refractivity contribution < 1.29 is 37.3 Å².